The van der Waals surface area contributed by atoms with E-state index in [-0.39, 0.29) is 18.8 Å². The summed E-state index contributed by atoms with van der Waals surface area (Å²) in [6.45, 7) is 4.57. The summed E-state index contributed by atoms with van der Waals surface area (Å²) < 4.78 is 42.6. The highest BCUT2D eigenvalue weighted by Crippen LogP contribution is 2.38. The van der Waals surface area contributed by atoms with Gasteiger partial charge in [-0.3, -0.25) is 4.55 Å². The Morgan fingerprint density at radius 2 is 1.40 bits per heavy atom. The van der Waals surface area contributed by atoms with Crippen molar-refractivity contribution in [3.63, 3.8) is 0 Å². The maximum atomic E-state index is 10.9. The van der Waals surface area contributed by atoms with E-state index in [0.717, 1.165) is 36.1 Å². The minimum atomic E-state index is -3.98. The van der Waals surface area contributed by atoms with Crippen LogP contribution in [0.2, 0.25) is 0 Å². The summed E-state index contributed by atoms with van der Waals surface area (Å²) in [6, 6.07) is 15.5. The molecule has 0 unspecified atom stereocenters. The third-order valence-electron chi connectivity index (χ3n) is 4.66. The number of ether oxygens (including phenoxy) is 2. The van der Waals surface area contributed by atoms with Crippen LogP contribution in [0.4, 0.5) is 0 Å². The van der Waals surface area contributed by atoms with E-state index in [1.165, 1.54) is 19.3 Å². The number of hydrogen-bond acceptors (Lipinski definition) is 4. The molecular weight excluding hydrogens is 400 g/mol. The van der Waals surface area contributed by atoms with Gasteiger partial charge in [-0.05, 0) is 43.4 Å². The molecule has 0 aliphatic carbocycles. The third kappa shape index (κ3) is 9.01. The van der Waals surface area contributed by atoms with Crippen LogP contribution in [0.1, 0.15) is 44.9 Å². The molecule has 0 aliphatic rings. The van der Waals surface area contributed by atoms with E-state index < -0.39 is 10.1 Å². The second-order valence-electron chi connectivity index (χ2n) is 7.18. The minimum absolute atomic E-state index is 0.188. The second-order valence-corrected chi connectivity index (χ2v) is 8.75. The molecule has 5 nitrogen and oxygen atoms in total. The molecule has 30 heavy (non-hydrogen) atoms. The fraction of sp³-hybridized carbons (Fsp3) is 0.417. The molecule has 1 N–H and O–H groups in total. The van der Waals surface area contributed by atoms with Crippen molar-refractivity contribution in [2.24, 2.45) is 0 Å². The molecule has 0 amide bonds. The lowest BCUT2D eigenvalue weighted by Gasteiger charge is -2.16. The van der Waals surface area contributed by atoms with Crippen LogP contribution in [0.5, 0.6) is 11.5 Å². The molecule has 0 heterocycles. The molecule has 0 aromatic heterocycles. The Labute approximate surface area is 180 Å². The SMILES string of the molecule is C=CCCCCCCCOc1cccc(OCCCS(=O)(=O)O)c1-c1ccccc1. The normalized spacial score (nSPS) is 11.2. The van der Waals surface area contributed by atoms with E-state index in [1.807, 2.05) is 54.6 Å². The highest BCUT2D eigenvalue weighted by molar-refractivity contribution is 7.85. The number of benzene rings is 2. The van der Waals surface area contributed by atoms with Crippen LogP contribution in [-0.4, -0.2) is 31.9 Å². The summed E-state index contributed by atoms with van der Waals surface area (Å²) in [7, 11) is -3.98. The smallest absolute Gasteiger partial charge is 0.264 e. The van der Waals surface area contributed by atoms with Gasteiger partial charge < -0.3 is 9.47 Å². The standard InChI is InChI=1S/C24H32O5S/c1-2-3-4-5-6-7-11-18-28-22-16-12-17-23(29-19-13-20-30(25,26)27)24(22)21-14-9-8-10-15-21/h2,8-10,12,14-17H,1,3-7,11,13,18-20H2,(H,25,26,27). The molecule has 0 saturated carbocycles. The first-order valence-electron chi connectivity index (χ1n) is 10.5. The fourth-order valence-corrected chi connectivity index (χ4v) is 3.65. The predicted molar refractivity (Wildman–Crippen MR) is 122 cm³/mol. The van der Waals surface area contributed by atoms with Gasteiger partial charge in [0.05, 0.1) is 24.5 Å². The van der Waals surface area contributed by atoms with Gasteiger partial charge in [-0.25, -0.2) is 0 Å². The van der Waals surface area contributed by atoms with E-state index in [0.29, 0.717) is 12.4 Å². The van der Waals surface area contributed by atoms with Crippen molar-refractivity contribution < 1.29 is 22.4 Å². The average molecular weight is 433 g/mol. The van der Waals surface area contributed by atoms with Crippen molar-refractivity contribution in [2.45, 2.75) is 44.9 Å². The van der Waals surface area contributed by atoms with Gasteiger partial charge in [-0.2, -0.15) is 8.42 Å². The van der Waals surface area contributed by atoms with Gasteiger partial charge in [0.25, 0.3) is 10.1 Å². The van der Waals surface area contributed by atoms with Gasteiger partial charge in [-0.15, -0.1) is 6.58 Å². The molecule has 2 aromatic rings. The zero-order chi connectivity index (χ0) is 21.7. The zero-order valence-corrected chi connectivity index (χ0v) is 18.3. The lowest BCUT2D eigenvalue weighted by atomic mass is 10.0. The van der Waals surface area contributed by atoms with E-state index >= 15 is 0 Å². The molecule has 2 aromatic carbocycles. The Balaban J connectivity index is 1.99. The summed E-state index contributed by atoms with van der Waals surface area (Å²) in [5.41, 5.74) is 1.83. The van der Waals surface area contributed by atoms with E-state index in [1.54, 1.807) is 0 Å². The number of allylic oxidation sites excluding steroid dienone is 1. The van der Waals surface area contributed by atoms with Crippen LogP contribution in [-0.2, 0) is 10.1 Å². The van der Waals surface area contributed by atoms with E-state index in [4.69, 9.17) is 14.0 Å². The lowest BCUT2D eigenvalue weighted by molar-refractivity contribution is 0.296. The Hall–Kier alpha value is -2.31. The summed E-state index contributed by atoms with van der Waals surface area (Å²) >= 11 is 0. The van der Waals surface area contributed by atoms with E-state index in [2.05, 4.69) is 6.58 Å². The van der Waals surface area contributed by atoms with Crippen molar-refractivity contribution in [1.29, 1.82) is 0 Å². The highest BCUT2D eigenvalue weighted by Gasteiger charge is 2.14. The van der Waals surface area contributed by atoms with Crippen LogP contribution in [0.15, 0.2) is 61.2 Å². The first-order chi connectivity index (χ1) is 14.5. The summed E-state index contributed by atoms with van der Waals surface area (Å²) in [5.74, 6) is 1.06. The van der Waals surface area contributed by atoms with Gasteiger partial charge in [-0.1, -0.05) is 61.7 Å². The van der Waals surface area contributed by atoms with Gasteiger partial charge in [0.2, 0.25) is 0 Å². The highest BCUT2D eigenvalue weighted by atomic mass is 32.2. The molecule has 0 saturated heterocycles. The fourth-order valence-electron chi connectivity index (χ4n) is 3.17. The Morgan fingerprint density at radius 3 is 2.03 bits per heavy atom. The van der Waals surface area contributed by atoms with Crippen LogP contribution < -0.4 is 9.47 Å². The van der Waals surface area contributed by atoms with Crippen LogP contribution in [0.3, 0.4) is 0 Å². The molecule has 0 spiro atoms. The quantitative estimate of drug-likeness (QED) is 0.215. The zero-order valence-electron chi connectivity index (χ0n) is 17.5. The first-order valence-corrected chi connectivity index (χ1v) is 12.1. The van der Waals surface area contributed by atoms with Gasteiger partial charge >= 0.3 is 0 Å². The molecule has 6 heteroatoms. The number of rotatable bonds is 15. The van der Waals surface area contributed by atoms with Gasteiger partial charge in [0, 0.05) is 0 Å². The van der Waals surface area contributed by atoms with Crippen molar-refractivity contribution >= 4 is 10.1 Å². The van der Waals surface area contributed by atoms with E-state index in [9.17, 15) is 8.42 Å². The van der Waals surface area contributed by atoms with Crippen molar-refractivity contribution in [2.75, 3.05) is 19.0 Å². The predicted octanol–water partition coefficient (Wildman–Crippen LogP) is 5.92. The molecule has 0 bridgehead atoms. The Kier molecular flexibility index (Phi) is 10.5. The second kappa shape index (κ2) is 13.1. The van der Waals surface area contributed by atoms with Crippen molar-refractivity contribution in [1.82, 2.24) is 0 Å². The Bertz CT molecular complexity index is 862. The van der Waals surface area contributed by atoms with Gasteiger partial charge in [0.15, 0.2) is 0 Å². The molecular formula is C24H32O5S. The van der Waals surface area contributed by atoms with Gasteiger partial charge in [0.1, 0.15) is 11.5 Å². The summed E-state index contributed by atoms with van der Waals surface area (Å²) in [5, 5.41) is 0. The maximum absolute atomic E-state index is 10.9. The van der Waals surface area contributed by atoms with Crippen LogP contribution in [0, 0.1) is 0 Å². The minimum Gasteiger partial charge on any atom is -0.493 e. The van der Waals surface area contributed by atoms with Crippen molar-refractivity contribution in [3.8, 4) is 22.6 Å². The topological polar surface area (TPSA) is 72.8 Å². The summed E-state index contributed by atoms with van der Waals surface area (Å²) in [4.78, 5) is 0. The Morgan fingerprint density at radius 1 is 0.800 bits per heavy atom. The monoisotopic (exact) mass is 432 g/mol. The number of unbranched alkanes of at least 4 members (excludes halogenated alkanes) is 5. The largest absolute Gasteiger partial charge is 0.493 e. The van der Waals surface area contributed by atoms with Crippen LogP contribution >= 0.6 is 0 Å². The molecule has 0 atom stereocenters. The molecule has 2 rings (SSSR count). The summed E-state index contributed by atoms with van der Waals surface area (Å²) in [6.07, 6.45) is 8.97. The maximum Gasteiger partial charge on any atom is 0.264 e. The molecule has 0 aliphatic heterocycles. The van der Waals surface area contributed by atoms with Crippen molar-refractivity contribution in [3.05, 3.63) is 61.2 Å². The first kappa shape index (κ1) is 24.0. The average Bonchev–Trinajstić information content (AvgIpc) is 2.73. The molecule has 0 radical (unpaired) electrons. The number of hydrogen-bond donors (Lipinski definition) is 1. The third-order valence-corrected chi connectivity index (χ3v) is 5.47. The molecule has 164 valence electrons. The lowest BCUT2D eigenvalue weighted by Crippen LogP contribution is -2.09. The molecule has 0 fully saturated rings. The van der Waals surface area contributed by atoms with Crippen LogP contribution in [0.25, 0.3) is 11.1 Å².